The van der Waals surface area contributed by atoms with E-state index in [1.54, 1.807) is 0 Å². The molecule has 0 spiro atoms. The number of hydrogen-bond acceptors (Lipinski definition) is 2. The SMILES string of the molecule is CC(C)CC(NCCNC(=O)c1ccccc1)c1ccccc1. The van der Waals surface area contributed by atoms with Crippen LogP contribution >= 0.6 is 0 Å². The van der Waals surface area contributed by atoms with Crippen LogP contribution in [0.2, 0.25) is 0 Å². The summed E-state index contributed by atoms with van der Waals surface area (Å²) in [5, 5.41) is 6.52. The summed E-state index contributed by atoms with van der Waals surface area (Å²) in [6.07, 6.45) is 1.08. The summed E-state index contributed by atoms with van der Waals surface area (Å²) in [5.41, 5.74) is 2.00. The minimum Gasteiger partial charge on any atom is -0.351 e. The van der Waals surface area contributed by atoms with Crippen LogP contribution in [0.25, 0.3) is 0 Å². The molecule has 0 fully saturated rings. The van der Waals surface area contributed by atoms with E-state index in [9.17, 15) is 4.79 Å². The van der Waals surface area contributed by atoms with Crippen molar-refractivity contribution in [1.82, 2.24) is 10.6 Å². The number of rotatable bonds is 8. The van der Waals surface area contributed by atoms with Gasteiger partial charge in [-0.25, -0.2) is 0 Å². The van der Waals surface area contributed by atoms with E-state index in [-0.39, 0.29) is 5.91 Å². The van der Waals surface area contributed by atoms with Crippen molar-refractivity contribution in [3.8, 4) is 0 Å². The van der Waals surface area contributed by atoms with Gasteiger partial charge in [0.2, 0.25) is 0 Å². The van der Waals surface area contributed by atoms with Crippen LogP contribution in [0.3, 0.4) is 0 Å². The minimum atomic E-state index is -0.0208. The normalized spacial score (nSPS) is 12.1. The predicted molar refractivity (Wildman–Crippen MR) is 95.4 cm³/mol. The highest BCUT2D eigenvalue weighted by molar-refractivity contribution is 5.94. The summed E-state index contributed by atoms with van der Waals surface area (Å²) in [5.74, 6) is 0.596. The van der Waals surface area contributed by atoms with Crippen molar-refractivity contribution < 1.29 is 4.79 Å². The molecule has 0 radical (unpaired) electrons. The lowest BCUT2D eigenvalue weighted by Crippen LogP contribution is -2.34. The molecule has 2 aromatic rings. The van der Waals surface area contributed by atoms with E-state index in [1.807, 2.05) is 36.4 Å². The third-order valence-corrected chi connectivity index (χ3v) is 3.75. The van der Waals surface area contributed by atoms with Gasteiger partial charge in [-0.2, -0.15) is 0 Å². The van der Waals surface area contributed by atoms with Gasteiger partial charge in [-0.15, -0.1) is 0 Å². The Morgan fingerprint density at radius 1 is 0.913 bits per heavy atom. The van der Waals surface area contributed by atoms with Crippen LogP contribution < -0.4 is 10.6 Å². The molecule has 1 atom stereocenters. The third kappa shape index (κ3) is 5.87. The third-order valence-electron chi connectivity index (χ3n) is 3.75. The van der Waals surface area contributed by atoms with Crippen LogP contribution in [0, 0.1) is 5.92 Å². The van der Waals surface area contributed by atoms with Crippen molar-refractivity contribution >= 4 is 5.91 Å². The molecule has 23 heavy (non-hydrogen) atoms. The summed E-state index contributed by atoms with van der Waals surface area (Å²) in [4.78, 5) is 12.0. The number of carbonyl (C=O) groups is 1. The van der Waals surface area contributed by atoms with Crippen molar-refractivity contribution in [1.29, 1.82) is 0 Å². The van der Waals surface area contributed by atoms with Crippen LogP contribution in [-0.4, -0.2) is 19.0 Å². The van der Waals surface area contributed by atoms with Crippen LogP contribution in [0.15, 0.2) is 60.7 Å². The summed E-state index contributed by atoms with van der Waals surface area (Å²) >= 11 is 0. The molecule has 2 N–H and O–H groups in total. The summed E-state index contributed by atoms with van der Waals surface area (Å²) in [6, 6.07) is 20.1. The van der Waals surface area contributed by atoms with Gasteiger partial charge in [0.15, 0.2) is 0 Å². The van der Waals surface area contributed by atoms with Crippen molar-refractivity contribution in [2.24, 2.45) is 5.92 Å². The molecule has 3 heteroatoms. The lowest BCUT2D eigenvalue weighted by atomic mass is 9.97. The van der Waals surface area contributed by atoms with Gasteiger partial charge < -0.3 is 10.6 Å². The summed E-state index contributed by atoms with van der Waals surface area (Å²) in [6.45, 7) is 5.84. The lowest BCUT2D eigenvalue weighted by Gasteiger charge is -2.21. The molecule has 1 amide bonds. The quantitative estimate of drug-likeness (QED) is 0.728. The van der Waals surface area contributed by atoms with Crippen molar-refractivity contribution in [3.05, 3.63) is 71.8 Å². The topological polar surface area (TPSA) is 41.1 Å². The molecular weight excluding hydrogens is 284 g/mol. The summed E-state index contributed by atoms with van der Waals surface area (Å²) in [7, 11) is 0. The second-order valence-electron chi connectivity index (χ2n) is 6.17. The Kier molecular flexibility index (Phi) is 6.82. The zero-order valence-corrected chi connectivity index (χ0v) is 14.0. The van der Waals surface area contributed by atoms with E-state index < -0.39 is 0 Å². The number of benzene rings is 2. The molecule has 2 rings (SSSR count). The lowest BCUT2D eigenvalue weighted by molar-refractivity contribution is 0.0953. The molecular formula is C20H26N2O. The van der Waals surface area contributed by atoms with Crippen LogP contribution in [0.1, 0.15) is 42.2 Å². The largest absolute Gasteiger partial charge is 0.351 e. The first-order chi connectivity index (χ1) is 11.2. The number of hydrogen-bond donors (Lipinski definition) is 2. The zero-order valence-electron chi connectivity index (χ0n) is 14.0. The molecule has 0 bridgehead atoms. The Labute approximate surface area is 139 Å². The smallest absolute Gasteiger partial charge is 0.251 e. The number of amides is 1. The molecule has 0 heterocycles. The van der Waals surface area contributed by atoms with E-state index in [0.717, 1.165) is 13.0 Å². The van der Waals surface area contributed by atoms with Gasteiger partial charge in [0.25, 0.3) is 5.91 Å². The first-order valence-corrected chi connectivity index (χ1v) is 8.28. The second-order valence-corrected chi connectivity index (χ2v) is 6.17. The van der Waals surface area contributed by atoms with E-state index in [1.165, 1.54) is 5.56 Å². The molecule has 122 valence electrons. The Bertz CT molecular complexity index is 581. The fourth-order valence-electron chi connectivity index (χ4n) is 2.61. The highest BCUT2D eigenvalue weighted by atomic mass is 16.1. The highest BCUT2D eigenvalue weighted by Gasteiger charge is 2.12. The number of nitrogens with one attached hydrogen (secondary N) is 2. The van der Waals surface area contributed by atoms with Crippen LogP contribution in [0.4, 0.5) is 0 Å². The molecule has 0 aliphatic heterocycles. The summed E-state index contributed by atoms with van der Waals surface area (Å²) < 4.78 is 0. The second kappa shape index (κ2) is 9.11. The van der Waals surface area contributed by atoms with E-state index in [2.05, 4.69) is 48.7 Å². The predicted octanol–water partition coefficient (Wildman–Crippen LogP) is 3.79. The maximum atomic E-state index is 12.0. The maximum absolute atomic E-state index is 12.0. The van der Waals surface area contributed by atoms with Crippen molar-refractivity contribution in [2.75, 3.05) is 13.1 Å². The first-order valence-electron chi connectivity index (χ1n) is 8.28. The number of carbonyl (C=O) groups excluding carboxylic acids is 1. The molecule has 1 unspecified atom stereocenters. The standard InChI is InChI=1S/C20H26N2O/c1-16(2)15-19(17-9-5-3-6-10-17)21-13-14-22-20(23)18-11-7-4-8-12-18/h3-12,16,19,21H,13-15H2,1-2H3,(H,22,23). The van der Waals surface area contributed by atoms with E-state index in [0.29, 0.717) is 24.1 Å². The van der Waals surface area contributed by atoms with Gasteiger partial charge in [-0.1, -0.05) is 62.4 Å². The average Bonchev–Trinajstić information content (AvgIpc) is 2.58. The first kappa shape index (κ1) is 17.2. The van der Waals surface area contributed by atoms with Gasteiger partial charge in [0.05, 0.1) is 0 Å². The van der Waals surface area contributed by atoms with E-state index in [4.69, 9.17) is 0 Å². The van der Waals surface area contributed by atoms with Gasteiger partial charge in [-0.3, -0.25) is 4.79 Å². The molecule has 0 aliphatic rings. The zero-order chi connectivity index (χ0) is 16.5. The van der Waals surface area contributed by atoms with E-state index >= 15 is 0 Å². The Hall–Kier alpha value is -2.13. The molecule has 0 saturated carbocycles. The van der Waals surface area contributed by atoms with Gasteiger partial charge in [0.1, 0.15) is 0 Å². The molecule has 0 saturated heterocycles. The molecule has 0 aliphatic carbocycles. The maximum Gasteiger partial charge on any atom is 0.251 e. The molecule has 0 aromatic heterocycles. The van der Waals surface area contributed by atoms with Crippen molar-refractivity contribution in [2.45, 2.75) is 26.3 Å². The molecule has 2 aromatic carbocycles. The average molecular weight is 310 g/mol. The fraction of sp³-hybridized carbons (Fsp3) is 0.350. The Morgan fingerprint density at radius 3 is 2.13 bits per heavy atom. The Balaban J connectivity index is 1.81. The van der Waals surface area contributed by atoms with Gasteiger partial charge in [-0.05, 0) is 30.0 Å². The molecule has 3 nitrogen and oxygen atoms in total. The van der Waals surface area contributed by atoms with Crippen LogP contribution in [-0.2, 0) is 0 Å². The van der Waals surface area contributed by atoms with Gasteiger partial charge in [0, 0.05) is 24.7 Å². The Morgan fingerprint density at radius 2 is 1.52 bits per heavy atom. The van der Waals surface area contributed by atoms with Gasteiger partial charge >= 0.3 is 0 Å². The highest BCUT2D eigenvalue weighted by Crippen LogP contribution is 2.20. The monoisotopic (exact) mass is 310 g/mol. The van der Waals surface area contributed by atoms with Crippen LogP contribution in [0.5, 0.6) is 0 Å². The van der Waals surface area contributed by atoms with Crippen molar-refractivity contribution in [3.63, 3.8) is 0 Å². The minimum absolute atomic E-state index is 0.0208. The fourth-order valence-corrected chi connectivity index (χ4v) is 2.61.